The Kier molecular flexibility index (Phi) is 4.63. The van der Waals surface area contributed by atoms with Gasteiger partial charge in [-0.05, 0) is 29.2 Å². The molecule has 8 heteroatoms. The van der Waals surface area contributed by atoms with Gasteiger partial charge in [-0.25, -0.2) is 4.68 Å². The molecule has 2 rings (SSSR count). The first-order valence-electron chi connectivity index (χ1n) is 5.00. The van der Waals surface area contributed by atoms with Crippen LogP contribution in [0.4, 0.5) is 0 Å². The zero-order valence-electron chi connectivity index (χ0n) is 8.74. The smallest absolute Gasteiger partial charge is 0.242 e. The highest BCUT2D eigenvalue weighted by Gasteiger charge is 2.31. The van der Waals surface area contributed by atoms with Gasteiger partial charge in [-0.3, -0.25) is 4.79 Å². The van der Waals surface area contributed by atoms with Crippen LogP contribution in [0.25, 0.3) is 0 Å². The van der Waals surface area contributed by atoms with Crippen molar-refractivity contribution in [1.29, 1.82) is 0 Å². The largest absolute Gasteiger partial charge is 0.350 e. The summed E-state index contributed by atoms with van der Waals surface area (Å²) in [5.41, 5.74) is 5.57. The zero-order valence-corrected chi connectivity index (χ0v) is 9.56. The lowest BCUT2D eigenvalue weighted by molar-refractivity contribution is -0.122. The molecule has 90 valence electrons. The van der Waals surface area contributed by atoms with Crippen LogP contribution in [-0.2, 0) is 11.3 Å². The topological polar surface area (TPSA) is 98.7 Å². The summed E-state index contributed by atoms with van der Waals surface area (Å²) < 4.78 is 1.38. The van der Waals surface area contributed by atoms with E-state index in [2.05, 4.69) is 20.8 Å². The predicted octanol–water partition coefficient (Wildman–Crippen LogP) is -1.05. The first kappa shape index (κ1) is 12.9. The van der Waals surface area contributed by atoms with Crippen molar-refractivity contribution in [2.24, 2.45) is 11.7 Å². The van der Waals surface area contributed by atoms with E-state index < -0.39 is 0 Å². The number of halogens is 1. The van der Waals surface area contributed by atoms with E-state index in [1.165, 1.54) is 11.0 Å². The Bertz CT molecular complexity index is 325. The van der Waals surface area contributed by atoms with Crippen LogP contribution in [0.2, 0.25) is 0 Å². The molecule has 0 radical (unpaired) electrons. The van der Waals surface area contributed by atoms with E-state index in [9.17, 15) is 4.79 Å². The fourth-order valence-corrected chi connectivity index (χ4v) is 1.52. The predicted molar refractivity (Wildman–Crippen MR) is 58.8 cm³/mol. The maximum Gasteiger partial charge on any atom is 0.242 e. The quantitative estimate of drug-likeness (QED) is 0.691. The fraction of sp³-hybridized carbons (Fsp3) is 0.750. The molecule has 1 atom stereocenters. The molecule has 0 saturated heterocycles. The van der Waals surface area contributed by atoms with Crippen molar-refractivity contribution in [3.05, 3.63) is 6.33 Å². The molecule has 0 spiro atoms. The molecule has 0 aliphatic heterocycles. The summed E-state index contributed by atoms with van der Waals surface area (Å²) in [6, 6.07) is 0.106. The number of nitrogens with zero attached hydrogens (tertiary/aromatic N) is 4. The monoisotopic (exact) mass is 246 g/mol. The number of aromatic nitrogens is 4. The van der Waals surface area contributed by atoms with Gasteiger partial charge in [-0.1, -0.05) is 0 Å². The third kappa shape index (κ3) is 3.42. The average Bonchev–Trinajstić information content (AvgIpc) is 2.95. The molecule has 1 aromatic rings. The fourth-order valence-electron chi connectivity index (χ4n) is 1.52. The zero-order chi connectivity index (χ0) is 10.7. The molecule has 1 heterocycles. The van der Waals surface area contributed by atoms with Gasteiger partial charge in [0, 0.05) is 12.6 Å². The van der Waals surface area contributed by atoms with Crippen LogP contribution in [-0.4, -0.2) is 38.7 Å². The van der Waals surface area contributed by atoms with Crippen molar-refractivity contribution in [2.45, 2.75) is 25.4 Å². The number of amides is 1. The van der Waals surface area contributed by atoms with E-state index in [0.29, 0.717) is 12.5 Å². The van der Waals surface area contributed by atoms with E-state index in [-0.39, 0.29) is 30.9 Å². The molecule has 0 aromatic carbocycles. The number of rotatable bonds is 5. The minimum absolute atomic E-state index is 0. The number of nitrogens with one attached hydrogen (secondary N) is 1. The van der Waals surface area contributed by atoms with E-state index >= 15 is 0 Å². The van der Waals surface area contributed by atoms with Crippen molar-refractivity contribution in [3.63, 3.8) is 0 Å². The lowest BCUT2D eigenvalue weighted by Crippen LogP contribution is -2.43. The molecular formula is C8H15ClN6O. The molecule has 3 N–H and O–H groups in total. The van der Waals surface area contributed by atoms with Gasteiger partial charge in [0.05, 0.1) is 0 Å². The van der Waals surface area contributed by atoms with Crippen molar-refractivity contribution < 1.29 is 4.79 Å². The van der Waals surface area contributed by atoms with Gasteiger partial charge in [-0.15, -0.1) is 17.5 Å². The summed E-state index contributed by atoms with van der Waals surface area (Å²) in [4.78, 5) is 11.5. The highest BCUT2D eigenvalue weighted by atomic mass is 35.5. The van der Waals surface area contributed by atoms with Gasteiger partial charge in [0.25, 0.3) is 0 Å². The standard InChI is InChI=1S/C8H14N6O.ClH/c9-3-7(6-1-2-6)11-8(15)4-14-5-10-12-13-14;/h5-7H,1-4,9H2,(H,11,15);1H. The molecule has 7 nitrogen and oxygen atoms in total. The second-order valence-corrected chi connectivity index (χ2v) is 3.75. The minimum Gasteiger partial charge on any atom is -0.350 e. The normalized spacial score (nSPS) is 16.3. The Balaban J connectivity index is 0.00000128. The molecule has 1 fully saturated rings. The summed E-state index contributed by atoms with van der Waals surface area (Å²) >= 11 is 0. The van der Waals surface area contributed by atoms with Gasteiger partial charge < -0.3 is 11.1 Å². The number of hydrogen-bond acceptors (Lipinski definition) is 5. The number of tetrazole rings is 1. The number of nitrogens with two attached hydrogens (primary N) is 1. The second-order valence-electron chi connectivity index (χ2n) is 3.75. The molecule has 16 heavy (non-hydrogen) atoms. The summed E-state index contributed by atoms with van der Waals surface area (Å²) in [6.07, 6.45) is 3.73. The molecule has 1 amide bonds. The van der Waals surface area contributed by atoms with Crippen molar-refractivity contribution >= 4 is 18.3 Å². The summed E-state index contributed by atoms with van der Waals surface area (Å²) in [5, 5.41) is 13.4. The van der Waals surface area contributed by atoms with Crippen molar-refractivity contribution in [1.82, 2.24) is 25.5 Å². The van der Waals surface area contributed by atoms with Crippen LogP contribution < -0.4 is 11.1 Å². The Morgan fingerprint density at radius 2 is 2.38 bits per heavy atom. The third-order valence-corrected chi connectivity index (χ3v) is 2.49. The molecule has 0 bridgehead atoms. The van der Waals surface area contributed by atoms with Crippen LogP contribution in [0, 0.1) is 5.92 Å². The second kappa shape index (κ2) is 5.76. The Labute approximate surface area is 99.2 Å². The number of carbonyl (C=O) groups is 1. The first-order valence-corrected chi connectivity index (χ1v) is 5.00. The molecular weight excluding hydrogens is 232 g/mol. The van der Waals surface area contributed by atoms with Gasteiger partial charge >= 0.3 is 0 Å². The molecule has 1 unspecified atom stereocenters. The lowest BCUT2D eigenvalue weighted by Gasteiger charge is -2.15. The maximum absolute atomic E-state index is 11.5. The summed E-state index contributed by atoms with van der Waals surface area (Å²) in [5.74, 6) is 0.470. The Morgan fingerprint density at radius 3 is 2.88 bits per heavy atom. The SMILES string of the molecule is Cl.NCC(NC(=O)Cn1cnnn1)C1CC1. The van der Waals surface area contributed by atoms with Crippen LogP contribution in [0.15, 0.2) is 6.33 Å². The molecule has 1 aliphatic carbocycles. The lowest BCUT2D eigenvalue weighted by atomic mass is 10.2. The van der Waals surface area contributed by atoms with Gasteiger partial charge in [-0.2, -0.15) is 0 Å². The minimum atomic E-state index is -0.0929. The van der Waals surface area contributed by atoms with E-state index in [1.807, 2.05) is 0 Å². The van der Waals surface area contributed by atoms with Crippen molar-refractivity contribution in [3.8, 4) is 0 Å². The van der Waals surface area contributed by atoms with Crippen LogP contribution >= 0.6 is 12.4 Å². The van der Waals surface area contributed by atoms with Crippen LogP contribution in [0.3, 0.4) is 0 Å². The maximum atomic E-state index is 11.5. The van der Waals surface area contributed by atoms with E-state index in [0.717, 1.165) is 12.8 Å². The molecule has 1 aliphatic rings. The van der Waals surface area contributed by atoms with E-state index in [1.54, 1.807) is 0 Å². The number of hydrogen-bond donors (Lipinski definition) is 2. The average molecular weight is 247 g/mol. The number of carbonyl (C=O) groups excluding carboxylic acids is 1. The van der Waals surface area contributed by atoms with Crippen LogP contribution in [0.1, 0.15) is 12.8 Å². The molecule has 1 aromatic heterocycles. The highest BCUT2D eigenvalue weighted by molar-refractivity contribution is 5.85. The first-order chi connectivity index (χ1) is 7.29. The highest BCUT2D eigenvalue weighted by Crippen LogP contribution is 2.32. The Hall–Kier alpha value is -1.21. The van der Waals surface area contributed by atoms with E-state index in [4.69, 9.17) is 5.73 Å². The van der Waals surface area contributed by atoms with Crippen molar-refractivity contribution in [2.75, 3.05) is 6.54 Å². The van der Waals surface area contributed by atoms with Crippen LogP contribution in [0.5, 0.6) is 0 Å². The third-order valence-electron chi connectivity index (χ3n) is 2.49. The summed E-state index contributed by atoms with van der Waals surface area (Å²) in [6.45, 7) is 0.641. The van der Waals surface area contributed by atoms with Gasteiger partial charge in [0.15, 0.2) is 0 Å². The summed E-state index contributed by atoms with van der Waals surface area (Å²) in [7, 11) is 0. The Morgan fingerprint density at radius 1 is 1.62 bits per heavy atom. The molecule has 1 saturated carbocycles. The van der Waals surface area contributed by atoms with Gasteiger partial charge in [0.2, 0.25) is 5.91 Å². The van der Waals surface area contributed by atoms with Gasteiger partial charge in [0.1, 0.15) is 12.9 Å².